The number of aromatic nitrogens is 3. The molecule has 2 aromatic heterocycles. The van der Waals surface area contributed by atoms with Gasteiger partial charge in [-0.2, -0.15) is 5.10 Å². The molecule has 1 aromatic carbocycles. The number of carbonyl (C=O) groups excluding carboxylic acids is 1. The third kappa shape index (κ3) is 5.81. The van der Waals surface area contributed by atoms with E-state index in [1.807, 2.05) is 0 Å². The number of nitrogens with zero attached hydrogens (tertiary/aromatic N) is 6. The van der Waals surface area contributed by atoms with E-state index in [4.69, 9.17) is 4.98 Å². The number of halogens is 2. The van der Waals surface area contributed by atoms with Crippen LogP contribution in [0.5, 0.6) is 0 Å². The maximum Gasteiger partial charge on any atom is 0.245 e. The molecule has 3 aromatic rings. The lowest BCUT2D eigenvalue weighted by Crippen LogP contribution is -2.60. The van der Waals surface area contributed by atoms with Crippen LogP contribution in [0.15, 0.2) is 36.7 Å². The summed E-state index contributed by atoms with van der Waals surface area (Å²) in [5, 5.41) is 20.8. The van der Waals surface area contributed by atoms with E-state index in [1.165, 1.54) is 48.9 Å². The van der Waals surface area contributed by atoms with Crippen LogP contribution >= 0.6 is 0 Å². The first-order chi connectivity index (χ1) is 24.0. The molecule has 9 rings (SSSR count). The maximum absolute atomic E-state index is 14.9. The Kier molecular flexibility index (Phi) is 8.51. The number of anilines is 1. The smallest absolute Gasteiger partial charge is 0.245 e. The average molecular weight is 675 g/mol. The summed E-state index contributed by atoms with van der Waals surface area (Å²) < 4.78 is 30.2. The topological polar surface area (TPSA) is 106 Å². The molecule has 6 fully saturated rings. The molecule has 8 atom stereocenters. The summed E-state index contributed by atoms with van der Waals surface area (Å²) in [4.78, 5) is 26.6. The molecule has 4 N–H and O–H groups in total. The maximum atomic E-state index is 14.9. The van der Waals surface area contributed by atoms with Crippen LogP contribution in [-0.2, 0) is 4.79 Å². The normalized spacial score (nSPS) is 34.3. The van der Waals surface area contributed by atoms with Gasteiger partial charge in [-0.3, -0.25) is 25.6 Å². The molecule has 6 unspecified atom stereocenters. The molecule has 13 heteroatoms. The Morgan fingerprint density at radius 3 is 2.73 bits per heavy atom. The summed E-state index contributed by atoms with van der Waals surface area (Å²) in [7, 11) is 0. The standard InChI is InChI=1S/C36H48F2N10O/c37-22-9-10-31(27(38)16-22)48-30-11-12-40-35(26(30)19-42-48)47-20-23-17-32(47)36(49)46-15-13-39-18-24(46)4-3-14-45-21-41-29-7-1-5-25(34(29)45)28-6-2-8-33(43-23)44-28/h9-12,16,19,23-25,28-29,32-34,39,41,43-44H,1-8,13-15,17-18,20-21H2/t23-,24?,25?,28?,29?,32-,33?,34?/m0/s1. The third-order valence-electron chi connectivity index (χ3n) is 12.3. The summed E-state index contributed by atoms with van der Waals surface area (Å²) in [6.07, 6.45) is 13.6. The van der Waals surface area contributed by atoms with Crippen LogP contribution in [-0.4, -0.2) is 112 Å². The average Bonchev–Trinajstić information content (AvgIpc) is 3.85. The van der Waals surface area contributed by atoms with Crippen molar-refractivity contribution in [3.05, 3.63) is 48.3 Å². The van der Waals surface area contributed by atoms with Crippen LogP contribution in [0.4, 0.5) is 14.6 Å². The van der Waals surface area contributed by atoms with E-state index in [-0.39, 0.29) is 35.9 Å². The fraction of sp³-hybridized carbons (Fsp3) is 0.639. The zero-order chi connectivity index (χ0) is 33.1. The summed E-state index contributed by atoms with van der Waals surface area (Å²) in [6, 6.07) is 6.78. The number of hydrogen-bond donors (Lipinski definition) is 4. The highest BCUT2D eigenvalue weighted by molar-refractivity contribution is 5.94. The van der Waals surface area contributed by atoms with Crippen molar-refractivity contribution >= 4 is 22.6 Å². The van der Waals surface area contributed by atoms with E-state index >= 15 is 0 Å². The third-order valence-corrected chi connectivity index (χ3v) is 12.3. The Morgan fingerprint density at radius 1 is 0.918 bits per heavy atom. The number of fused-ring (bicyclic) bond motifs is 7. The Hall–Kier alpha value is -3.23. The van der Waals surface area contributed by atoms with Gasteiger partial charge in [0.2, 0.25) is 5.91 Å². The van der Waals surface area contributed by atoms with Crippen molar-refractivity contribution in [2.45, 2.75) is 100 Å². The summed E-state index contributed by atoms with van der Waals surface area (Å²) >= 11 is 0. The van der Waals surface area contributed by atoms with Crippen molar-refractivity contribution in [3.8, 4) is 5.69 Å². The van der Waals surface area contributed by atoms with Gasteiger partial charge in [0, 0.05) is 75.3 Å². The lowest BCUT2D eigenvalue weighted by atomic mass is 9.74. The highest BCUT2D eigenvalue weighted by Gasteiger charge is 2.47. The molecular weight excluding hydrogens is 626 g/mol. The molecule has 11 nitrogen and oxygen atoms in total. The second-order valence-electron chi connectivity index (χ2n) is 15.1. The van der Waals surface area contributed by atoms with Crippen LogP contribution in [0.1, 0.15) is 57.8 Å². The van der Waals surface area contributed by atoms with Crippen molar-refractivity contribution in [2.24, 2.45) is 5.92 Å². The Balaban J connectivity index is 1.06. The molecule has 7 heterocycles. The van der Waals surface area contributed by atoms with Gasteiger partial charge in [0.05, 0.1) is 23.3 Å². The minimum atomic E-state index is -0.686. The minimum absolute atomic E-state index is 0.0878. The van der Waals surface area contributed by atoms with Gasteiger partial charge in [-0.15, -0.1) is 0 Å². The van der Waals surface area contributed by atoms with Crippen molar-refractivity contribution in [3.63, 3.8) is 0 Å². The minimum Gasteiger partial charge on any atom is -0.342 e. The van der Waals surface area contributed by atoms with Gasteiger partial charge in [-0.25, -0.2) is 18.4 Å². The van der Waals surface area contributed by atoms with Gasteiger partial charge in [0.15, 0.2) is 5.82 Å². The van der Waals surface area contributed by atoms with Crippen LogP contribution in [0.25, 0.3) is 16.6 Å². The molecule has 6 aliphatic rings. The van der Waals surface area contributed by atoms with Gasteiger partial charge in [-0.1, -0.05) is 6.42 Å². The molecule has 0 spiro atoms. The summed E-state index contributed by atoms with van der Waals surface area (Å²) in [5.74, 6) is 0.147. The number of rotatable bonds is 2. The van der Waals surface area contributed by atoms with Crippen molar-refractivity contribution in [1.29, 1.82) is 0 Å². The lowest BCUT2D eigenvalue weighted by molar-refractivity contribution is -0.135. The van der Waals surface area contributed by atoms with E-state index in [1.54, 1.807) is 18.5 Å². The zero-order valence-corrected chi connectivity index (χ0v) is 28.0. The molecule has 49 heavy (non-hydrogen) atoms. The largest absolute Gasteiger partial charge is 0.342 e. The Labute approximate surface area is 286 Å². The Bertz CT molecular complexity index is 1690. The fourth-order valence-corrected chi connectivity index (χ4v) is 10.2. The molecule has 5 saturated heterocycles. The van der Waals surface area contributed by atoms with Crippen molar-refractivity contribution in [1.82, 2.24) is 45.8 Å². The van der Waals surface area contributed by atoms with E-state index in [0.717, 1.165) is 57.0 Å². The van der Waals surface area contributed by atoms with Crippen LogP contribution in [0.3, 0.4) is 0 Å². The fourth-order valence-electron chi connectivity index (χ4n) is 10.2. The highest BCUT2D eigenvalue weighted by Crippen LogP contribution is 2.38. The van der Waals surface area contributed by atoms with Gasteiger partial charge < -0.3 is 15.1 Å². The van der Waals surface area contributed by atoms with Crippen LogP contribution in [0, 0.1) is 17.6 Å². The molecule has 5 aliphatic heterocycles. The number of amides is 1. The zero-order valence-electron chi connectivity index (χ0n) is 28.0. The second-order valence-corrected chi connectivity index (χ2v) is 15.1. The highest BCUT2D eigenvalue weighted by atomic mass is 19.1. The first kappa shape index (κ1) is 31.7. The van der Waals surface area contributed by atoms with E-state index in [0.29, 0.717) is 54.9 Å². The van der Waals surface area contributed by atoms with E-state index in [9.17, 15) is 13.6 Å². The van der Waals surface area contributed by atoms with Gasteiger partial charge in [0.25, 0.3) is 0 Å². The van der Waals surface area contributed by atoms with Gasteiger partial charge in [0.1, 0.15) is 23.4 Å². The first-order valence-corrected chi connectivity index (χ1v) is 18.6. The monoisotopic (exact) mass is 674 g/mol. The summed E-state index contributed by atoms with van der Waals surface area (Å²) in [5.41, 5.74) is 0.829. The first-order valence-electron chi connectivity index (χ1n) is 18.6. The number of piperazine rings is 1. The van der Waals surface area contributed by atoms with Crippen LogP contribution in [0.2, 0.25) is 0 Å². The van der Waals surface area contributed by atoms with Crippen LogP contribution < -0.4 is 26.2 Å². The molecule has 1 aliphatic carbocycles. The van der Waals surface area contributed by atoms with Gasteiger partial charge >= 0.3 is 0 Å². The van der Waals surface area contributed by atoms with Gasteiger partial charge in [-0.05, 0) is 82.0 Å². The molecule has 1 saturated carbocycles. The molecule has 4 bridgehead atoms. The quantitative estimate of drug-likeness (QED) is 0.327. The molecule has 1 amide bonds. The second kappa shape index (κ2) is 13.1. The SMILES string of the molecule is O=C1[C@@H]2C[C@@H](CN2c2nccc3c2cnn3-c2ccc(F)cc2F)NC2CCCC(N2)C2CCCC3NCN(CCCC4CNCCN14)C32. The van der Waals surface area contributed by atoms with E-state index in [2.05, 4.69) is 41.1 Å². The molecule has 0 radical (unpaired) electrons. The Morgan fingerprint density at radius 2 is 1.82 bits per heavy atom. The molecular formula is C36H48F2N10O. The van der Waals surface area contributed by atoms with E-state index < -0.39 is 11.6 Å². The summed E-state index contributed by atoms with van der Waals surface area (Å²) in [6.45, 7) is 4.94. The number of carbonyl (C=O) groups is 1. The molecule has 262 valence electrons. The predicted molar refractivity (Wildman–Crippen MR) is 183 cm³/mol. The van der Waals surface area contributed by atoms with Crippen molar-refractivity contribution in [2.75, 3.05) is 44.3 Å². The number of piperidine rings is 1. The number of nitrogens with one attached hydrogen (secondary N) is 4. The number of benzene rings is 1. The number of pyridine rings is 1. The number of hydrogen-bond acceptors (Lipinski definition) is 9. The van der Waals surface area contributed by atoms with Crippen molar-refractivity contribution < 1.29 is 13.6 Å². The predicted octanol–water partition coefficient (Wildman–Crippen LogP) is 2.70. The lowest BCUT2D eigenvalue weighted by Gasteiger charge is -2.45.